The number of primary amides is 1. The van der Waals surface area contributed by atoms with Gasteiger partial charge in [0.05, 0.1) is 25.4 Å². The molecule has 3 rings (SSSR count). The zero-order chi connectivity index (χ0) is 90.4. The SMILES string of the molecule is CC[C@H](C)[C@H](NC(=O)[C@H](CCCCN=C(N)N)NC(=O)[C@@H](NC(=O)[C@H](CC(C)C)NC(=O)[C@H](CC(N)=O)NC(=O)[C@H](Cc1c[nH]c2ccccc12)NC(=O)[C@@H]1CCCN1C(=O)[C@H](CCSC)NC(=O)[C@H](CC(C)C)NC(=O)[C@@H](N)CC(=O)O)C(C)C)C(=O)NCC(=O)N[C@@H](CC(C)C)C(=O)N[C@@H](CC(C)C)C(=O)N[C@@H](CCCN=C(N)N)C(=O)O. The van der Waals surface area contributed by atoms with Crippen LogP contribution in [0, 0.1) is 35.5 Å². The van der Waals surface area contributed by atoms with Gasteiger partial charge in [-0.3, -0.25) is 81.9 Å². The lowest BCUT2D eigenvalue weighted by Crippen LogP contribution is -2.61. The molecule has 0 spiro atoms. The highest BCUT2D eigenvalue weighted by atomic mass is 32.2. The van der Waals surface area contributed by atoms with E-state index in [1.807, 2.05) is 0 Å². The molecule has 1 saturated heterocycles. The summed E-state index contributed by atoms with van der Waals surface area (Å²) in [6.45, 7) is 20.4. The Morgan fingerprint density at radius 1 is 0.517 bits per heavy atom. The van der Waals surface area contributed by atoms with Gasteiger partial charge < -0.3 is 118 Å². The maximum absolute atomic E-state index is 15.0. The first-order valence-corrected chi connectivity index (χ1v) is 42.3. The Hall–Kier alpha value is -10.9. The summed E-state index contributed by atoms with van der Waals surface area (Å²) in [5.74, 6) is -16.9. The van der Waals surface area contributed by atoms with Crippen molar-refractivity contribution in [2.24, 2.45) is 79.9 Å². The first-order chi connectivity index (χ1) is 56.4. The topological polar surface area (TPSA) is 658 Å². The number of H-pyrrole nitrogens is 1. The van der Waals surface area contributed by atoms with Gasteiger partial charge in [0.15, 0.2) is 11.9 Å². The van der Waals surface area contributed by atoms with Crippen molar-refractivity contribution in [3.8, 4) is 0 Å². The molecule has 0 aliphatic carbocycles. The number of para-hydroxylation sites is 1. The van der Waals surface area contributed by atoms with Crippen molar-refractivity contribution in [3.63, 3.8) is 0 Å². The number of aromatic nitrogens is 1. The van der Waals surface area contributed by atoms with Crippen LogP contribution in [0.2, 0.25) is 0 Å². The number of carboxylic acids is 2. The van der Waals surface area contributed by atoms with Crippen molar-refractivity contribution in [3.05, 3.63) is 36.0 Å². The number of guanidine groups is 2. The second-order valence-corrected chi connectivity index (χ2v) is 33.4. The Bertz CT molecular complexity index is 3870. The lowest BCUT2D eigenvalue weighted by molar-refractivity contribution is -0.143. The number of rotatable bonds is 55. The molecular formula is C79H132N22O18S. The fraction of sp³-hybridized carbons (Fsp3) is 0.671. The van der Waals surface area contributed by atoms with Crippen LogP contribution < -0.4 is 98.2 Å². The summed E-state index contributed by atoms with van der Waals surface area (Å²) in [5.41, 5.74) is 34.7. The molecule has 41 heteroatoms. The number of unbranched alkanes of at least 4 members (excludes halogenated alkanes) is 1. The molecule has 0 bridgehead atoms. The second-order valence-electron chi connectivity index (χ2n) is 32.4. The largest absolute Gasteiger partial charge is 0.481 e. The number of hydrogen-bond donors (Lipinski definition) is 21. The highest BCUT2D eigenvalue weighted by Gasteiger charge is 2.42. The van der Waals surface area contributed by atoms with Crippen LogP contribution in [-0.4, -0.2) is 243 Å². The predicted molar refractivity (Wildman–Crippen MR) is 452 cm³/mol. The molecule has 0 saturated carbocycles. The Balaban J connectivity index is 1.95. The zero-order valence-corrected chi connectivity index (χ0v) is 72.2. The lowest BCUT2D eigenvalue weighted by Gasteiger charge is -2.31. The third-order valence-electron chi connectivity index (χ3n) is 19.8. The summed E-state index contributed by atoms with van der Waals surface area (Å²) in [5, 5.41) is 51.5. The number of fused-ring (bicyclic) bond motifs is 1. The number of nitrogens with two attached hydrogens (primary N) is 6. The number of thioether (sulfide) groups is 1. The van der Waals surface area contributed by atoms with Crippen molar-refractivity contribution in [1.29, 1.82) is 0 Å². The molecule has 27 N–H and O–H groups in total. The number of nitrogens with zero attached hydrogens (tertiary/aromatic N) is 3. The van der Waals surface area contributed by atoms with Crippen LogP contribution in [0.15, 0.2) is 40.4 Å². The average Bonchev–Trinajstić information content (AvgIpc) is 1.68. The smallest absolute Gasteiger partial charge is 0.326 e. The minimum absolute atomic E-state index is 0.0339. The van der Waals surface area contributed by atoms with Crippen molar-refractivity contribution in [1.82, 2.24) is 73.7 Å². The maximum atomic E-state index is 15.0. The molecule has 1 aromatic heterocycles. The van der Waals surface area contributed by atoms with Crippen LogP contribution in [0.3, 0.4) is 0 Å². The summed E-state index contributed by atoms with van der Waals surface area (Å²) < 4.78 is 0. The zero-order valence-electron chi connectivity index (χ0n) is 71.3. The van der Waals surface area contributed by atoms with Crippen LogP contribution in [0.5, 0.6) is 0 Å². The molecule has 672 valence electrons. The van der Waals surface area contributed by atoms with E-state index in [2.05, 4.69) is 78.8 Å². The van der Waals surface area contributed by atoms with E-state index in [4.69, 9.17) is 34.4 Å². The third kappa shape index (κ3) is 36.8. The van der Waals surface area contributed by atoms with E-state index in [0.717, 1.165) is 0 Å². The molecule has 2 heterocycles. The average molecular weight is 1710 g/mol. The fourth-order valence-electron chi connectivity index (χ4n) is 13.4. The van der Waals surface area contributed by atoms with E-state index >= 15 is 0 Å². The highest BCUT2D eigenvalue weighted by molar-refractivity contribution is 7.98. The van der Waals surface area contributed by atoms with Crippen LogP contribution in [0.4, 0.5) is 0 Å². The molecule has 1 fully saturated rings. The summed E-state index contributed by atoms with van der Waals surface area (Å²) in [4.78, 5) is 235. The van der Waals surface area contributed by atoms with Gasteiger partial charge in [0.2, 0.25) is 82.7 Å². The van der Waals surface area contributed by atoms with Crippen LogP contribution in [-0.2, 0) is 83.1 Å². The van der Waals surface area contributed by atoms with Crippen LogP contribution in [0.1, 0.15) is 185 Å². The Labute approximate surface area is 705 Å². The number of carbonyl (C=O) groups is 16. The number of benzene rings is 1. The molecular weight excluding hydrogens is 1580 g/mol. The highest BCUT2D eigenvalue weighted by Crippen LogP contribution is 2.24. The van der Waals surface area contributed by atoms with Crippen LogP contribution in [0.25, 0.3) is 10.9 Å². The van der Waals surface area contributed by atoms with Gasteiger partial charge in [-0.25, -0.2) is 4.79 Å². The minimum atomic E-state index is -1.81. The van der Waals surface area contributed by atoms with E-state index in [-0.39, 0.29) is 126 Å². The number of likely N-dealkylation sites (tertiary alicyclic amines) is 1. The number of nitrogens with one attached hydrogen (secondary N) is 13. The van der Waals surface area contributed by atoms with Gasteiger partial charge in [-0.2, -0.15) is 11.8 Å². The summed E-state index contributed by atoms with van der Waals surface area (Å²) in [7, 11) is 0. The molecule has 14 atom stereocenters. The molecule has 14 amide bonds. The Kier molecular flexibility index (Phi) is 45.0. The number of aromatic amines is 1. The van der Waals surface area contributed by atoms with Gasteiger partial charge in [-0.05, 0) is 136 Å². The normalized spacial score (nSPS) is 15.9. The number of hydrogen-bond acceptors (Lipinski definition) is 20. The van der Waals surface area contributed by atoms with E-state index in [0.29, 0.717) is 41.5 Å². The third-order valence-corrected chi connectivity index (χ3v) is 20.4. The van der Waals surface area contributed by atoms with Crippen LogP contribution >= 0.6 is 11.8 Å². The quantitative estimate of drug-likeness (QED) is 0.0194. The van der Waals surface area contributed by atoms with Crippen molar-refractivity contribution in [2.45, 2.75) is 264 Å². The minimum Gasteiger partial charge on any atom is -0.481 e. The number of amides is 14. The molecule has 0 unspecified atom stereocenters. The van der Waals surface area contributed by atoms with Gasteiger partial charge >= 0.3 is 11.9 Å². The number of carboxylic acid groups (broad SMARTS) is 2. The molecule has 120 heavy (non-hydrogen) atoms. The number of aliphatic imine (C=N–C) groups is 2. The predicted octanol–water partition coefficient (Wildman–Crippen LogP) is -1.95. The Morgan fingerprint density at radius 3 is 1.50 bits per heavy atom. The molecule has 0 radical (unpaired) electrons. The van der Waals surface area contributed by atoms with Gasteiger partial charge in [-0.1, -0.05) is 108 Å². The summed E-state index contributed by atoms with van der Waals surface area (Å²) in [6, 6.07) is -10.9. The molecule has 40 nitrogen and oxygen atoms in total. The molecule has 1 aliphatic heterocycles. The first-order valence-electron chi connectivity index (χ1n) is 40.9. The van der Waals surface area contributed by atoms with E-state index in [9.17, 15) is 86.9 Å². The molecule has 1 aromatic carbocycles. The molecule has 2 aromatic rings. The van der Waals surface area contributed by atoms with E-state index in [1.54, 1.807) is 120 Å². The summed E-state index contributed by atoms with van der Waals surface area (Å²) in [6.07, 6.45) is 3.26. The van der Waals surface area contributed by atoms with E-state index in [1.165, 1.54) is 16.7 Å². The lowest BCUT2D eigenvalue weighted by atomic mass is 9.97. The summed E-state index contributed by atoms with van der Waals surface area (Å²) >= 11 is 1.38. The monoisotopic (exact) mass is 1710 g/mol. The van der Waals surface area contributed by atoms with Crippen molar-refractivity contribution < 1.29 is 86.9 Å². The molecule has 1 aliphatic rings. The maximum Gasteiger partial charge on any atom is 0.326 e. The van der Waals surface area contributed by atoms with Gasteiger partial charge in [-0.15, -0.1) is 0 Å². The Morgan fingerprint density at radius 2 is 0.983 bits per heavy atom. The van der Waals surface area contributed by atoms with Gasteiger partial charge in [0, 0.05) is 43.2 Å². The first kappa shape index (κ1) is 103. The second kappa shape index (κ2) is 52.2. The standard InChI is InChI=1S/C79H132N22O18S/c1-14-45(12)64(74(115)89-39-61(103)90-53(31-40(2)3)67(108)95-55(33-42(6)7)69(110)93-52(77(118)119)24-19-28-87-79(84)85)100-66(107)50(23-17-18-27-86-78(82)83)91-75(116)63(44(10)11)99-72(113)56(34-43(8)9)96-71(112)58(37-60(81)102)97-70(111)57(35-46-38-88-49-22-16-15-21-47(46)49)98-73(114)59-25-20-29-101(59)76(117)51(26-30-120-13)92-68(109)54(32-41(4)5)94-65(106)48(80)36-62(104)105/h15-16,21-22,38,40-45,48,50-59,63-64,88H,14,17-20,23-37,39,80H2,1-13H3,(H2,81,102)(H,89,115)(H,90,103)(H,91,116)(H,92,109)(H,93,110)(H,94,106)(H,95,108)(H,96,112)(H,97,111)(H,98,114)(H,99,113)(H,100,107)(H,104,105)(H,118,119)(H4,82,83,86)(H4,84,85,87)/t45-,48-,50-,51-,52-,53-,54-,55-,56-,57-,58-,59-,63-,64-/m0/s1. The number of carbonyl (C=O) groups excluding carboxylic acids is 14. The van der Waals surface area contributed by atoms with E-state index < -0.39 is 204 Å². The van der Waals surface area contributed by atoms with Crippen molar-refractivity contribution >= 4 is 129 Å². The fourth-order valence-corrected chi connectivity index (χ4v) is 13.8. The van der Waals surface area contributed by atoms with Crippen molar-refractivity contribution in [2.75, 3.05) is 38.2 Å². The van der Waals surface area contributed by atoms with Gasteiger partial charge in [0.1, 0.15) is 72.5 Å². The van der Waals surface area contributed by atoms with Gasteiger partial charge in [0.25, 0.3) is 0 Å². The number of aliphatic carboxylic acids is 2.